The lowest BCUT2D eigenvalue weighted by Gasteiger charge is -2.34. The summed E-state index contributed by atoms with van der Waals surface area (Å²) >= 11 is 0. The summed E-state index contributed by atoms with van der Waals surface area (Å²) in [7, 11) is 0. The molecule has 0 aromatic carbocycles. The van der Waals surface area contributed by atoms with Crippen molar-refractivity contribution < 1.29 is 4.52 Å². The molecule has 0 spiro atoms. The third kappa shape index (κ3) is 2.88. The van der Waals surface area contributed by atoms with Crippen molar-refractivity contribution in [2.75, 3.05) is 11.4 Å². The fourth-order valence-electron chi connectivity index (χ4n) is 3.22. The molecule has 0 N–H and O–H groups in total. The summed E-state index contributed by atoms with van der Waals surface area (Å²) in [5, 5.41) is 13.6. The molecule has 0 radical (unpaired) electrons. The second-order valence-corrected chi connectivity index (χ2v) is 6.17. The molecule has 3 aromatic rings. The van der Waals surface area contributed by atoms with E-state index >= 15 is 0 Å². The zero-order valence-corrected chi connectivity index (χ0v) is 14.3. The highest BCUT2D eigenvalue weighted by atomic mass is 16.5. The van der Waals surface area contributed by atoms with E-state index < -0.39 is 0 Å². The first kappa shape index (κ1) is 16.1. The minimum atomic E-state index is -0.116. The quantitative estimate of drug-likeness (QED) is 0.712. The standard InChI is InChI=1S/C18H17N7O/c1-12-6-9-22-17(13(12)11-19)25-10-3-2-5-14(25)18-23-16(24-26-18)15-20-7-4-8-21-15/h4,6-9,14H,2-3,5,10H2,1H3/t14-/m1/s1. The van der Waals surface area contributed by atoms with Gasteiger partial charge in [-0.05, 0) is 43.9 Å². The summed E-state index contributed by atoms with van der Waals surface area (Å²) < 4.78 is 5.52. The van der Waals surface area contributed by atoms with Gasteiger partial charge < -0.3 is 9.42 Å². The van der Waals surface area contributed by atoms with Crippen molar-refractivity contribution in [3.05, 3.63) is 47.7 Å². The number of aryl methyl sites for hydroxylation is 1. The third-order valence-corrected chi connectivity index (χ3v) is 4.52. The highest BCUT2D eigenvalue weighted by Gasteiger charge is 2.31. The molecule has 1 saturated heterocycles. The van der Waals surface area contributed by atoms with Crippen molar-refractivity contribution in [2.24, 2.45) is 0 Å². The van der Waals surface area contributed by atoms with Crippen LogP contribution in [0.4, 0.5) is 5.82 Å². The number of hydrogen-bond donors (Lipinski definition) is 0. The van der Waals surface area contributed by atoms with Crippen molar-refractivity contribution in [1.29, 1.82) is 5.26 Å². The van der Waals surface area contributed by atoms with E-state index in [1.54, 1.807) is 24.7 Å². The van der Waals surface area contributed by atoms with E-state index in [1.807, 2.05) is 13.0 Å². The number of nitrogens with zero attached hydrogens (tertiary/aromatic N) is 7. The van der Waals surface area contributed by atoms with Gasteiger partial charge in [0.15, 0.2) is 0 Å². The summed E-state index contributed by atoms with van der Waals surface area (Å²) in [4.78, 5) is 19.4. The minimum absolute atomic E-state index is 0.116. The van der Waals surface area contributed by atoms with Gasteiger partial charge in [-0.1, -0.05) is 5.16 Å². The summed E-state index contributed by atoms with van der Waals surface area (Å²) in [6, 6.07) is 5.74. The first-order valence-corrected chi connectivity index (χ1v) is 8.51. The summed E-state index contributed by atoms with van der Waals surface area (Å²) in [5.74, 6) is 1.97. The van der Waals surface area contributed by atoms with Gasteiger partial charge in [0.05, 0.1) is 5.56 Å². The Kier molecular flexibility index (Phi) is 4.27. The van der Waals surface area contributed by atoms with Crippen molar-refractivity contribution in [3.63, 3.8) is 0 Å². The van der Waals surface area contributed by atoms with Crippen molar-refractivity contribution in [3.8, 4) is 17.7 Å². The molecule has 3 aromatic heterocycles. The largest absolute Gasteiger partial charge is 0.343 e. The Morgan fingerprint density at radius 3 is 2.81 bits per heavy atom. The number of hydrogen-bond acceptors (Lipinski definition) is 8. The van der Waals surface area contributed by atoms with E-state index in [0.717, 1.165) is 31.4 Å². The molecule has 8 heteroatoms. The van der Waals surface area contributed by atoms with E-state index in [2.05, 4.69) is 36.1 Å². The zero-order chi connectivity index (χ0) is 17.9. The Labute approximate surface area is 150 Å². The predicted octanol–water partition coefficient (Wildman–Crippen LogP) is 2.83. The number of rotatable bonds is 3. The van der Waals surface area contributed by atoms with Gasteiger partial charge in [0.25, 0.3) is 0 Å². The van der Waals surface area contributed by atoms with Crippen LogP contribution in [0.15, 0.2) is 35.2 Å². The van der Waals surface area contributed by atoms with Crippen LogP contribution in [0.2, 0.25) is 0 Å². The first-order valence-electron chi connectivity index (χ1n) is 8.51. The minimum Gasteiger partial charge on any atom is -0.343 e. The lowest BCUT2D eigenvalue weighted by atomic mass is 10.0. The van der Waals surface area contributed by atoms with Crippen LogP contribution in [0.5, 0.6) is 0 Å². The number of nitriles is 1. The second kappa shape index (κ2) is 6.88. The molecule has 4 rings (SSSR count). The average molecular weight is 347 g/mol. The molecule has 0 saturated carbocycles. The Morgan fingerprint density at radius 1 is 1.15 bits per heavy atom. The topological polar surface area (TPSA) is 105 Å². The Hall–Kier alpha value is -3.34. The molecule has 0 bridgehead atoms. The summed E-state index contributed by atoms with van der Waals surface area (Å²) in [6.07, 6.45) is 7.95. The van der Waals surface area contributed by atoms with Gasteiger partial charge in [0.2, 0.25) is 17.5 Å². The molecule has 0 amide bonds. The van der Waals surface area contributed by atoms with Gasteiger partial charge in [0.1, 0.15) is 17.9 Å². The third-order valence-electron chi connectivity index (χ3n) is 4.52. The fourth-order valence-corrected chi connectivity index (χ4v) is 3.22. The van der Waals surface area contributed by atoms with Gasteiger partial charge in [-0.2, -0.15) is 10.2 Å². The molecular weight excluding hydrogens is 330 g/mol. The van der Waals surface area contributed by atoms with E-state index in [-0.39, 0.29) is 6.04 Å². The van der Waals surface area contributed by atoms with Crippen LogP contribution in [0.1, 0.15) is 42.3 Å². The summed E-state index contributed by atoms with van der Waals surface area (Å²) in [5.41, 5.74) is 1.50. The van der Waals surface area contributed by atoms with Crippen molar-refractivity contribution >= 4 is 5.82 Å². The SMILES string of the molecule is Cc1ccnc(N2CCCC[C@@H]2c2nc(-c3ncccn3)no2)c1C#N. The Balaban J connectivity index is 1.70. The van der Waals surface area contributed by atoms with Gasteiger partial charge in [-0.15, -0.1) is 0 Å². The number of piperidine rings is 1. The van der Waals surface area contributed by atoms with Gasteiger partial charge in [-0.3, -0.25) is 0 Å². The zero-order valence-electron chi connectivity index (χ0n) is 14.3. The maximum Gasteiger partial charge on any atom is 0.249 e. The maximum atomic E-state index is 9.55. The Morgan fingerprint density at radius 2 is 2.00 bits per heavy atom. The maximum absolute atomic E-state index is 9.55. The van der Waals surface area contributed by atoms with Crippen molar-refractivity contribution in [1.82, 2.24) is 25.1 Å². The monoisotopic (exact) mass is 347 g/mol. The van der Waals surface area contributed by atoms with Crippen LogP contribution in [0, 0.1) is 18.3 Å². The molecule has 1 aliphatic heterocycles. The second-order valence-electron chi connectivity index (χ2n) is 6.17. The number of aromatic nitrogens is 5. The highest BCUT2D eigenvalue weighted by Crippen LogP contribution is 2.35. The van der Waals surface area contributed by atoms with E-state index in [4.69, 9.17) is 4.52 Å². The van der Waals surface area contributed by atoms with E-state index in [9.17, 15) is 5.26 Å². The highest BCUT2D eigenvalue weighted by molar-refractivity contribution is 5.58. The molecule has 4 heterocycles. The smallest absolute Gasteiger partial charge is 0.249 e. The van der Waals surface area contributed by atoms with Crippen LogP contribution < -0.4 is 4.90 Å². The molecule has 1 atom stereocenters. The molecule has 0 unspecified atom stereocenters. The van der Waals surface area contributed by atoms with E-state index in [1.165, 1.54) is 0 Å². The molecule has 8 nitrogen and oxygen atoms in total. The van der Waals surface area contributed by atoms with Crippen LogP contribution in [-0.2, 0) is 0 Å². The van der Waals surface area contributed by atoms with Crippen LogP contribution >= 0.6 is 0 Å². The molecule has 26 heavy (non-hydrogen) atoms. The Bertz CT molecular complexity index is 948. The van der Waals surface area contributed by atoms with Crippen LogP contribution in [0.25, 0.3) is 11.6 Å². The molecule has 1 fully saturated rings. The van der Waals surface area contributed by atoms with Gasteiger partial charge in [0, 0.05) is 25.1 Å². The van der Waals surface area contributed by atoms with E-state index in [0.29, 0.717) is 28.9 Å². The molecule has 0 aliphatic carbocycles. The molecule has 130 valence electrons. The summed E-state index contributed by atoms with van der Waals surface area (Å²) in [6.45, 7) is 2.70. The molecular formula is C18H17N7O. The van der Waals surface area contributed by atoms with Gasteiger partial charge in [-0.25, -0.2) is 15.0 Å². The first-order chi connectivity index (χ1) is 12.8. The van der Waals surface area contributed by atoms with Crippen LogP contribution in [0.3, 0.4) is 0 Å². The lowest BCUT2D eigenvalue weighted by molar-refractivity contribution is 0.322. The number of pyridine rings is 1. The number of anilines is 1. The average Bonchev–Trinajstić information content (AvgIpc) is 3.18. The molecule has 1 aliphatic rings. The van der Waals surface area contributed by atoms with Crippen LogP contribution in [-0.4, -0.2) is 31.6 Å². The van der Waals surface area contributed by atoms with Crippen molar-refractivity contribution in [2.45, 2.75) is 32.2 Å². The normalized spacial score (nSPS) is 17.1. The van der Waals surface area contributed by atoms with Gasteiger partial charge >= 0.3 is 0 Å². The fraction of sp³-hybridized carbons (Fsp3) is 0.333. The predicted molar refractivity (Wildman–Crippen MR) is 93.0 cm³/mol. The lowest BCUT2D eigenvalue weighted by Crippen LogP contribution is -2.35.